The normalized spacial score (nSPS) is 18.0. The molecule has 0 radical (unpaired) electrons. The molecule has 0 atom stereocenters. The van der Waals surface area contributed by atoms with Crippen LogP contribution in [0.15, 0.2) is 5.38 Å². The van der Waals surface area contributed by atoms with Crippen molar-refractivity contribution in [2.24, 2.45) is 5.41 Å². The third kappa shape index (κ3) is 2.27. The van der Waals surface area contributed by atoms with Crippen molar-refractivity contribution in [2.75, 3.05) is 13.2 Å². The molecule has 1 saturated heterocycles. The Labute approximate surface area is 117 Å². The molecule has 2 aromatic heterocycles. The lowest BCUT2D eigenvalue weighted by atomic mass is 9.80. The molecule has 0 saturated carbocycles. The quantitative estimate of drug-likeness (QED) is 0.842. The number of hydrogen-bond donors (Lipinski definition) is 1. The van der Waals surface area contributed by atoms with E-state index in [1.54, 1.807) is 5.38 Å². The van der Waals surface area contributed by atoms with E-state index in [-0.39, 0.29) is 6.54 Å². The van der Waals surface area contributed by atoms with Crippen molar-refractivity contribution >= 4 is 17.5 Å². The number of ether oxygens (including phenoxy) is 1. The number of carboxylic acid groups (broad SMARTS) is 1. The summed E-state index contributed by atoms with van der Waals surface area (Å²) in [5.41, 5.74) is -0.348. The van der Waals surface area contributed by atoms with Crippen molar-refractivity contribution in [2.45, 2.75) is 19.4 Å². The molecule has 0 aliphatic carbocycles. The number of rotatable bonds is 4. The first-order valence-electron chi connectivity index (χ1n) is 6.06. The number of hydrogen-bond acceptors (Lipinski definition) is 8. The van der Waals surface area contributed by atoms with Crippen molar-refractivity contribution in [1.82, 2.24) is 29.8 Å². The molecule has 9 nitrogen and oxygen atoms in total. The van der Waals surface area contributed by atoms with Crippen LogP contribution in [0, 0.1) is 5.41 Å². The zero-order valence-electron chi connectivity index (χ0n) is 10.5. The van der Waals surface area contributed by atoms with Gasteiger partial charge in [0.05, 0.1) is 12.0 Å². The summed E-state index contributed by atoms with van der Waals surface area (Å²) >= 11 is 1.19. The number of aliphatic carboxylic acids is 1. The van der Waals surface area contributed by atoms with Gasteiger partial charge in [-0.15, -0.1) is 10.2 Å². The van der Waals surface area contributed by atoms with Gasteiger partial charge in [0.1, 0.15) is 5.69 Å². The predicted octanol–water partition coefficient (Wildman–Crippen LogP) is 0.0730. The van der Waals surface area contributed by atoms with Crippen LogP contribution >= 0.6 is 11.5 Å². The van der Waals surface area contributed by atoms with Crippen LogP contribution in [0.5, 0.6) is 0 Å². The molecule has 0 unspecified atom stereocenters. The second-order valence-electron chi connectivity index (χ2n) is 4.65. The fourth-order valence-corrected chi connectivity index (χ4v) is 2.68. The lowest BCUT2D eigenvalue weighted by Crippen LogP contribution is -2.41. The van der Waals surface area contributed by atoms with E-state index in [2.05, 4.69) is 25.1 Å². The van der Waals surface area contributed by atoms with Gasteiger partial charge in [0.2, 0.25) is 5.82 Å². The Hall–Kier alpha value is -1.94. The van der Waals surface area contributed by atoms with Crippen molar-refractivity contribution in [3.8, 4) is 11.5 Å². The standard InChI is InChI=1S/C10H12N6O3S/c17-9(18)10(1-3-19-4-2-10)6-16-8(12-13-14-16)7-5-20-15-11-7/h5H,1-4,6H2,(H,17,18). The van der Waals surface area contributed by atoms with E-state index in [1.807, 2.05) is 0 Å². The molecule has 1 aliphatic rings. The molecule has 1 fully saturated rings. The predicted molar refractivity (Wildman–Crippen MR) is 66.8 cm³/mol. The average molecular weight is 296 g/mol. The van der Waals surface area contributed by atoms with Crippen LogP contribution in [0.25, 0.3) is 11.5 Å². The molecule has 3 rings (SSSR count). The third-order valence-electron chi connectivity index (χ3n) is 3.48. The Balaban J connectivity index is 1.90. The van der Waals surface area contributed by atoms with Crippen LogP contribution in [0.2, 0.25) is 0 Å². The van der Waals surface area contributed by atoms with Gasteiger partial charge in [-0.05, 0) is 34.8 Å². The number of carboxylic acids is 1. The molecular formula is C10H12N6O3S. The summed E-state index contributed by atoms with van der Waals surface area (Å²) in [4.78, 5) is 11.6. The van der Waals surface area contributed by atoms with Crippen molar-refractivity contribution in [3.05, 3.63) is 5.38 Å². The molecule has 0 spiro atoms. The fourth-order valence-electron chi connectivity index (χ4n) is 2.25. The minimum Gasteiger partial charge on any atom is -0.481 e. The zero-order chi connectivity index (χ0) is 14.0. The Kier molecular flexibility index (Phi) is 3.40. The summed E-state index contributed by atoms with van der Waals surface area (Å²) in [7, 11) is 0. The van der Waals surface area contributed by atoms with Gasteiger partial charge in [0.15, 0.2) is 0 Å². The summed E-state index contributed by atoms with van der Waals surface area (Å²) in [6.07, 6.45) is 0.883. The van der Waals surface area contributed by atoms with Gasteiger partial charge in [-0.2, -0.15) is 0 Å². The lowest BCUT2D eigenvalue weighted by molar-refractivity contribution is -0.156. The van der Waals surface area contributed by atoms with Crippen LogP contribution in [-0.2, 0) is 16.1 Å². The summed E-state index contributed by atoms with van der Waals surface area (Å²) in [5, 5.41) is 26.6. The Morgan fingerprint density at radius 2 is 2.25 bits per heavy atom. The molecule has 3 heterocycles. The number of tetrazole rings is 1. The summed E-state index contributed by atoms with van der Waals surface area (Å²) < 4.78 is 10.5. The van der Waals surface area contributed by atoms with Crippen LogP contribution in [0.4, 0.5) is 0 Å². The lowest BCUT2D eigenvalue weighted by Gasteiger charge is -2.32. The molecule has 106 valence electrons. The van der Waals surface area contributed by atoms with Crippen LogP contribution in [0.3, 0.4) is 0 Å². The number of nitrogens with zero attached hydrogens (tertiary/aromatic N) is 6. The van der Waals surface area contributed by atoms with Gasteiger partial charge < -0.3 is 9.84 Å². The Morgan fingerprint density at radius 1 is 1.45 bits per heavy atom. The van der Waals surface area contributed by atoms with Gasteiger partial charge in [-0.1, -0.05) is 4.49 Å². The summed E-state index contributed by atoms with van der Waals surface area (Å²) in [6, 6.07) is 0. The maximum absolute atomic E-state index is 11.6. The SMILES string of the molecule is O=C(O)C1(Cn2nnnc2-c2csnn2)CCOCC1. The number of carbonyl (C=O) groups is 1. The molecule has 0 aromatic carbocycles. The van der Waals surface area contributed by atoms with Crippen LogP contribution in [0.1, 0.15) is 12.8 Å². The number of aromatic nitrogens is 6. The first-order chi connectivity index (χ1) is 9.71. The van der Waals surface area contributed by atoms with E-state index < -0.39 is 11.4 Å². The minimum absolute atomic E-state index is 0.200. The monoisotopic (exact) mass is 296 g/mol. The average Bonchev–Trinajstić information content (AvgIpc) is 3.10. The van der Waals surface area contributed by atoms with Gasteiger partial charge in [-0.3, -0.25) is 4.79 Å². The van der Waals surface area contributed by atoms with Crippen LogP contribution < -0.4 is 0 Å². The smallest absolute Gasteiger partial charge is 0.311 e. The minimum atomic E-state index is -0.897. The van der Waals surface area contributed by atoms with Crippen molar-refractivity contribution in [1.29, 1.82) is 0 Å². The maximum atomic E-state index is 11.6. The van der Waals surface area contributed by atoms with E-state index in [9.17, 15) is 9.90 Å². The Bertz CT molecular complexity index is 592. The largest absolute Gasteiger partial charge is 0.481 e. The van der Waals surface area contributed by atoms with Gasteiger partial charge in [-0.25, -0.2) is 4.68 Å². The highest BCUT2D eigenvalue weighted by Gasteiger charge is 2.41. The zero-order valence-corrected chi connectivity index (χ0v) is 11.3. The Morgan fingerprint density at radius 3 is 2.90 bits per heavy atom. The molecule has 1 aliphatic heterocycles. The summed E-state index contributed by atoms with van der Waals surface area (Å²) in [6.45, 7) is 1.07. The third-order valence-corrected chi connectivity index (χ3v) is 3.98. The molecule has 20 heavy (non-hydrogen) atoms. The second kappa shape index (κ2) is 5.21. The van der Waals surface area contributed by atoms with Crippen LogP contribution in [-0.4, -0.2) is 54.1 Å². The second-order valence-corrected chi connectivity index (χ2v) is 5.26. The molecule has 2 aromatic rings. The van der Waals surface area contributed by atoms with E-state index in [0.717, 1.165) is 0 Å². The topological polar surface area (TPSA) is 116 Å². The fraction of sp³-hybridized carbons (Fsp3) is 0.600. The van der Waals surface area contributed by atoms with E-state index >= 15 is 0 Å². The maximum Gasteiger partial charge on any atom is 0.311 e. The summed E-state index contributed by atoms with van der Waals surface area (Å²) in [5.74, 6) is -0.412. The first-order valence-corrected chi connectivity index (χ1v) is 6.90. The molecule has 0 amide bonds. The van der Waals surface area contributed by atoms with Crippen molar-refractivity contribution in [3.63, 3.8) is 0 Å². The highest BCUT2D eigenvalue weighted by atomic mass is 32.1. The molecule has 1 N–H and O–H groups in total. The van der Waals surface area contributed by atoms with E-state index in [0.29, 0.717) is 37.6 Å². The van der Waals surface area contributed by atoms with E-state index in [1.165, 1.54) is 16.2 Å². The highest BCUT2D eigenvalue weighted by molar-refractivity contribution is 7.03. The van der Waals surface area contributed by atoms with Gasteiger partial charge in [0.25, 0.3) is 0 Å². The van der Waals surface area contributed by atoms with E-state index in [4.69, 9.17) is 4.74 Å². The molecule has 10 heteroatoms. The van der Waals surface area contributed by atoms with Crippen molar-refractivity contribution < 1.29 is 14.6 Å². The molecule has 0 bridgehead atoms. The first kappa shape index (κ1) is 13.1. The van der Waals surface area contributed by atoms with Gasteiger partial charge in [0, 0.05) is 18.6 Å². The molecular weight excluding hydrogens is 284 g/mol. The van der Waals surface area contributed by atoms with Gasteiger partial charge >= 0.3 is 5.97 Å². The highest BCUT2D eigenvalue weighted by Crippen LogP contribution is 2.33.